The zero-order valence-corrected chi connectivity index (χ0v) is 27.9. The minimum Gasteiger partial charge on any atom is -0.462 e. The molecule has 0 fully saturated rings. The predicted octanol–water partition coefficient (Wildman–Crippen LogP) is 6.46. The number of esters is 1. The van der Waals surface area contributed by atoms with Gasteiger partial charge >= 0.3 is 5.97 Å². The molecule has 4 rings (SSSR count). The van der Waals surface area contributed by atoms with Crippen molar-refractivity contribution in [2.24, 2.45) is 11.8 Å². The number of anilines is 1. The monoisotopic (exact) mass is 647 g/mol. The fourth-order valence-corrected chi connectivity index (χ4v) is 8.17. The van der Waals surface area contributed by atoms with Crippen LogP contribution in [0.3, 0.4) is 0 Å². The molecule has 0 bridgehead atoms. The quantitative estimate of drug-likeness (QED) is 0.227. The molecule has 0 aliphatic carbocycles. The van der Waals surface area contributed by atoms with Crippen LogP contribution in [0.1, 0.15) is 71.3 Å². The molecule has 0 unspecified atom stereocenters. The average Bonchev–Trinajstić information content (AvgIpc) is 3.30. The summed E-state index contributed by atoms with van der Waals surface area (Å²) in [5.41, 5.74) is 2.87. The summed E-state index contributed by atoms with van der Waals surface area (Å²) in [4.78, 5) is 29.8. The molecule has 1 aliphatic rings. The maximum absolute atomic E-state index is 13.4. The highest BCUT2D eigenvalue weighted by molar-refractivity contribution is 7.89. The van der Waals surface area contributed by atoms with Crippen LogP contribution in [0.5, 0.6) is 0 Å². The average molecular weight is 648 g/mol. The molecular formula is C32H42ClN3O5S2. The summed E-state index contributed by atoms with van der Waals surface area (Å²) >= 11 is 1.40. The lowest BCUT2D eigenvalue weighted by Gasteiger charge is -2.27. The van der Waals surface area contributed by atoms with E-state index in [1.54, 1.807) is 6.92 Å². The summed E-state index contributed by atoms with van der Waals surface area (Å²) in [7, 11) is -3.71. The molecule has 11 heteroatoms. The highest BCUT2D eigenvalue weighted by atomic mass is 35.5. The van der Waals surface area contributed by atoms with Crippen molar-refractivity contribution in [3.8, 4) is 0 Å². The summed E-state index contributed by atoms with van der Waals surface area (Å²) < 4.78 is 33.6. The first-order valence-corrected chi connectivity index (χ1v) is 16.7. The van der Waals surface area contributed by atoms with Crippen molar-refractivity contribution >= 4 is 50.6 Å². The van der Waals surface area contributed by atoms with Gasteiger partial charge in [0.05, 0.1) is 17.1 Å². The second-order valence-electron chi connectivity index (χ2n) is 11.5. The zero-order valence-electron chi connectivity index (χ0n) is 25.5. The second kappa shape index (κ2) is 15.3. The lowest BCUT2D eigenvalue weighted by molar-refractivity contribution is 0.0526. The number of halogens is 1. The topological polar surface area (TPSA) is 96.0 Å². The summed E-state index contributed by atoms with van der Waals surface area (Å²) in [6, 6.07) is 16.2. The predicted molar refractivity (Wildman–Crippen MR) is 175 cm³/mol. The number of amides is 1. The van der Waals surface area contributed by atoms with Gasteiger partial charge in [0, 0.05) is 43.2 Å². The standard InChI is InChI=1S/C32H41N3O5S2.ClH/c1-6-40-32(37)29-27-16-17-34(20-24-10-8-7-9-11-24)21-28(27)41-31(29)33-30(36)25-12-14-26(15-13-25)42(38,39)35(18-22(2)3)19-23(4)5;/h7-15,22-23H,6,16-21H2,1-5H3,(H,33,36);1H. The molecule has 234 valence electrons. The van der Waals surface area contributed by atoms with Gasteiger partial charge in [-0.15, -0.1) is 23.7 Å². The Kier molecular flexibility index (Phi) is 12.4. The van der Waals surface area contributed by atoms with Gasteiger partial charge in [0.15, 0.2) is 0 Å². The van der Waals surface area contributed by atoms with Crippen molar-refractivity contribution in [1.82, 2.24) is 9.21 Å². The van der Waals surface area contributed by atoms with E-state index in [4.69, 9.17) is 4.74 Å². The number of fused-ring (bicyclic) bond motifs is 1. The maximum Gasteiger partial charge on any atom is 0.341 e. The van der Waals surface area contributed by atoms with Crippen molar-refractivity contribution in [1.29, 1.82) is 0 Å². The molecule has 2 heterocycles. The van der Waals surface area contributed by atoms with E-state index in [1.807, 2.05) is 45.9 Å². The molecule has 8 nitrogen and oxygen atoms in total. The molecule has 2 aromatic carbocycles. The van der Waals surface area contributed by atoms with Gasteiger partial charge in [-0.2, -0.15) is 4.31 Å². The van der Waals surface area contributed by atoms with Crippen LogP contribution in [-0.4, -0.2) is 55.7 Å². The number of hydrogen-bond acceptors (Lipinski definition) is 7. The SMILES string of the molecule is CCOC(=O)c1c(NC(=O)c2ccc(S(=O)(=O)N(CC(C)C)CC(C)C)cc2)sc2c1CCN(Cc1ccccc1)C2.Cl. The van der Waals surface area contributed by atoms with Crippen LogP contribution in [0.15, 0.2) is 59.5 Å². The Morgan fingerprint density at radius 3 is 2.21 bits per heavy atom. The normalized spacial score (nSPS) is 13.6. The van der Waals surface area contributed by atoms with Gasteiger partial charge in [-0.3, -0.25) is 9.69 Å². The van der Waals surface area contributed by atoms with E-state index < -0.39 is 21.9 Å². The van der Waals surface area contributed by atoms with E-state index in [1.165, 1.54) is 45.5 Å². The summed E-state index contributed by atoms with van der Waals surface area (Å²) in [5.74, 6) is -0.498. The Bertz CT molecular complexity index is 1480. The molecule has 43 heavy (non-hydrogen) atoms. The van der Waals surface area contributed by atoms with Gasteiger partial charge in [-0.25, -0.2) is 13.2 Å². The number of rotatable bonds is 12. The number of hydrogen-bond donors (Lipinski definition) is 1. The third kappa shape index (κ3) is 8.67. The van der Waals surface area contributed by atoms with Crippen molar-refractivity contribution in [2.75, 3.05) is 31.6 Å². The highest BCUT2D eigenvalue weighted by Crippen LogP contribution is 2.38. The smallest absolute Gasteiger partial charge is 0.341 e. The van der Waals surface area contributed by atoms with Crippen molar-refractivity contribution in [3.05, 3.63) is 81.7 Å². The van der Waals surface area contributed by atoms with Gasteiger partial charge in [0.25, 0.3) is 5.91 Å². The Morgan fingerprint density at radius 2 is 1.63 bits per heavy atom. The van der Waals surface area contributed by atoms with E-state index in [-0.39, 0.29) is 35.7 Å². The minimum absolute atomic E-state index is 0. The van der Waals surface area contributed by atoms with Gasteiger partial charge in [-0.05, 0) is 60.6 Å². The van der Waals surface area contributed by atoms with Crippen LogP contribution < -0.4 is 5.32 Å². The molecule has 1 aromatic heterocycles. The van der Waals surface area contributed by atoms with Gasteiger partial charge < -0.3 is 10.1 Å². The summed E-state index contributed by atoms with van der Waals surface area (Å²) in [6.07, 6.45) is 0.679. The van der Waals surface area contributed by atoms with Crippen molar-refractivity contribution < 1.29 is 22.7 Å². The number of carbonyl (C=O) groups excluding carboxylic acids is 2. The van der Waals surface area contributed by atoms with Crippen LogP contribution in [0.25, 0.3) is 0 Å². The van der Waals surface area contributed by atoms with E-state index >= 15 is 0 Å². The van der Waals surface area contributed by atoms with Gasteiger partial charge in [0.2, 0.25) is 10.0 Å². The molecule has 1 amide bonds. The van der Waals surface area contributed by atoms with Crippen LogP contribution in [0.2, 0.25) is 0 Å². The zero-order chi connectivity index (χ0) is 30.4. The first kappa shape index (κ1) is 34.7. The van der Waals surface area contributed by atoms with Crippen LogP contribution in [0.4, 0.5) is 5.00 Å². The Hall–Kier alpha value is -2.76. The molecular weight excluding hydrogens is 606 g/mol. The number of thiophene rings is 1. The van der Waals surface area contributed by atoms with Crippen LogP contribution >= 0.6 is 23.7 Å². The highest BCUT2D eigenvalue weighted by Gasteiger charge is 2.30. The van der Waals surface area contributed by atoms with Crippen LogP contribution in [-0.2, 0) is 34.3 Å². The summed E-state index contributed by atoms with van der Waals surface area (Å²) in [5, 5.41) is 3.38. The van der Waals surface area contributed by atoms with E-state index in [2.05, 4.69) is 22.3 Å². The Morgan fingerprint density at radius 1 is 1.00 bits per heavy atom. The second-order valence-corrected chi connectivity index (χ2v) is 14.5. The fourth-order valence-electron chi connectivity index (χ4n) is 5.13. The molecule has 1 aliphatic heterocycles. The minimum atomic E-state index is -3.71. The van der Waals surface area contributed by atoms with E-state index in [0.717, 1.165) is 23.5 Å². The van der Waals surface area contributed by atoms with E-state index in [9.17, 15) is 18.0 Å². The Balaban J connectivity index is 0.00000506. The molecule has 0 radical (unpaired) electrons. The van der Waals surface area contributed by atoms with Gasteiger partial charge in [0.1, 0.15) is 5.00 Å². The van der Waals surface area contributed by atoms with Gasteiger partial charge in [-0.1, -0.05) is 58.0 Å². The Labute approximate surface area is 265 Å². The number of benzene rings is 2. The molecule has 1 N–H and O–H groups in total. The number of carbonyl (C=O) groups is 2. The first-order chi connectivity index (χ1) is 20.0. The summed E-state index contributed by atoms with van der Waals surface area (Å²) in [6.45, 7) is 13.1. The number of nitrogens with one attached hydrogen (secondary N) is 1. The molecule has 3 aromatic rings. The van der Waals surface area contributed by atoms with Crippen molar-refractivity contribution in [3.63, 3.8) is 0 Å². The number of nitrogens with zero attached hydrogens (tertiary/aromatic N) is 2. The number of sulfonamides is 1. The molecule has 0 atom stereocenters. The molecule has 0 spiro atoms. The lowest BCUT2D eigenvalue weighted by Crippen LogP contribution is -2.37. The third-order valence-corrected chi connectivity index (χ3v) is 9.96. The molecule has 0 saturated heterocycles. The van der Waals surface area contributed by atoms with Crippen molar-refractivity contribution in [2.45, 2.75) is 59.0 Å². The largest absolute Gasteiger partial charge is 0.462 e. The first-order valence-electron chi connectivity index (χ1n) is 14.5. The lowest BCUT2D eigenvalue weighted by atomic mass is 10.0. The fraction of sp³-hybridized carbons (Fsp3) is 0.438. The van der Waals surface area contributed by atoms with Crippen LogP contribution in [0, 0.1) is 11.8 Å². The molecule has 0 saturated carbocycles. The number of ether oxygens (including phenoxy) is 1. The maximum atomic E-state index is 13.4. The van der Waals surface area contributed by atoms with E-state index in [0.29, 0.717) is 42.2 Å². The third-order valence-electron chi connectivity index (χ3n) is 6.98.